The second kappa shape index (κ2) is 12.7. The summed E-state index contributed by atoms with van der Waals surface area (Å²) in [6.07, 6.45) is 0.890. The topological polar surface area (TPSA) is 97.8 Å². The van der Waals surface area contributed by atoms with Gasteiger partial charge in [-0.25, -0.2) is 9.78 Å². The molecule has 40 heavy (non-hydrogen) atoms. The number of carbonyl (C=O) groups excluding carboxylic acids is 3. The number of amides is 2. The molecular weight excluding hydrogens is 526 g/mol. The highest BCUT2D eigenvalue weighted by atomic mass is 32.1. The van der Waals surface area contributed by atoms with Crippen LogP contribution in [0, 0.1) is 6.92 Å². The van der Waals surface area contributed by atoms with E-state index in [1.165, 1.54) is 7.11 Å². The van der Waals surface area contributed by atoms with E-state index in [9.17, 15) is 14.4 Å². The van der Waals surface area contributed by atoms with Gasteiger partial charge in [-0.2, -0.15) is 0 Å². The summed E-state index contributed by atoms with van der Waals surface area (Å²) >= 11 is 1.08. The van der Waals surface area contributed by atoms with E-state index in [1.54, 1.807) is 17.9 Å². The summed E-state index contributed by atoms with van der Waals surface area (Å²) in [5, 5.41) is 3.83. The lowest BCUT2D eigenvalue weighted by atomic mass is 10.0. The van der Waals surface area contributed by atoms with Gasteiger partial charge in [-0.3, -0.25) is 9.59 Å². The van der Waals surface area contributed by atoms with Gasteiger partial charge in [0.1, 0.15) is 10.8 Å². The number of thiophene rings is 1. The summed E-state index contributed by atoms with van der Waals surface area (Å²) in [5.74, 6) is -0.513. The minimum Gasteiger partial charge on any atom is -0.494 e. The van der Waals surface area contributed by atoms with Crippen LogP contribution in [0.2, 0.25) is 0 Å². The number of anilines is 1. The molecule has 2 aromatic carbocycles. The second-order valence-corrected chi connectivity index (χ2v) is 10.2. The van der Waals surface area contributed by atoms with Gasteiger partial charge in [-0.15, -0.1) is 11.3 Å². The van der Waals surface area contributed by atoms with Gasteiger partial charge in [0.25, 0.3) is 11.8 Å². The first-order chi connectivity index (χ1) is 19.3. The zero-order valence-corrected chi connectivity index (χ0v) is 24.2. The number of para-hydroxylation sites is 1. The van der Waals surface area contributed by atoms with Crippen LogP contribution in [0.25, 0.3) is 22.2 Å². The van der Waals surface area contributed by atoms with Crippen LogP contribution in [0.15, 0.2) is 54.6 Å². The van der Waals surface area contributed by atoms with Crippen molar-refractivity contribution in [2.45, 2.75) is 34.1 Å². The first kappa shape index (κ1) is 28.8. The molecule has 0 saturated carbocycles. The van der Waals surface area contributed by atoms with E-state index in [4.69, 9.17) is 14.5 Å². The maximum atomic E-state index is 13.8. The number of pyridine rings is 1. The summed E-state index contributed by atoms with van der Waals surface area (Å²) in [7, 11) is 1.28. The van der Waals surface area contributed by atoms with Gasteiger partial charge in [0, 0.05) is 24.0 Å². The fourth-order valence-corrected chi connectivity index (χ4v) is 5.61. The molecule has 0 spiro atoms. The van der Waals surface area contributed by atoms with Crippen molar-refractivity contribution in [3.63, 3.8) is 0 Å². The molecule has 0 aliphatic carbocycles. The van der Waals surface area contributed by atoms with E-state index in [0.29, 0.717) is 52.3 Å². The molecule has 0 saturated heterocycles. The van der Waals surface area contributed by atoms with Gasteiger partial charge < -0.3 is 19.7 Å². The predicted molar refractivity (Wildman–Crippen MR) is 159 cm³/mol. The number of carbonyl (C=O) groups is 3. The Morgan fingerprint density at radius 3 is 2.45 bits per heavy atom. The molecule has 0 unspecified atom stereocenters. The lowest BCUT2D eigenvalue weighted by Crippen LogP contribution is -2.30. The number of ether oxygens (including phenoxy) is 2. The van der Waals surface area contributed by atoms with Crippen LogP contribution >= 0.6 is 11.3 Å². The fraction of sp³-hybridized carbons (Fsp3) is 0.290. The van der Waals surface area contributed by atoms with Crippen LogP contribution in [0.1, 0.15) is 63.1 Å². The molecule has 2 heterocycles. The molecule has 208 valence electrons. The number of nitrogens with one attached hydrogen (secondary N) is 1. The van der Waals surface area contributed by atoms with E-state index in [-0.39, 0.29) is 16.5 Å². The van der Waals surface area contributed by atoms with Gasteiger partial charge in [0.2, 0.25) is 0 Å². The third-order valence-electron chi connectivity index (χ3n) is 6.57. The number of rotatable bonds is 10. The quantitative estimate of drug-likeness (QED) is 0.220. The van der Waals surface area contributed by atoms with Crippen molar-refractivity contribution in [3.8, 4) is 17.0 Å². The van der Waals surface area contributed by atoms with E-state index < -0.39 is 11.9 Å². The molecule has 0 atom stereocenters. The van der Waals surface area contributed by atoms with Gasteiger partial charge in [-0.1, -0.05) is 37.3 Å². The Balaban J connectivity index is 1.78. The lowest BCUT2D eigenvalue weighted by molar-refractivity contribution is 0.0601. The molecule has 1 N–H and O–H groups in total. The lowest BCUT2D eigenvalue weighted by Gasteiger charge is -2.17. The molecular formula is C31H33N3O5S. The zero-order valence-electron chi connectivity index (χ0n) is 23.4. The van der Waals surface area contributed by atoms with Crippen molar-refractivity contribution in [2.75, 3.05) is 32.1 Å². The van der Waals surface area contributed by atoms with Crippen molar-refractivity contribution in [1.29, 1.82) is 0 Å². The molecule has 4 aromatic rings. The number of nitrogens with zero attached hydrogens (tertiary/aromatic N) is 2. The number of hydrogen-bond acceptors (Lipinski definition) is 7. The Morgan fingerprint density at radius 2 is 1.75 bits per heavy atom. The number of methoxy groups -OCH3 is 1. The van der Waals surface area contributed by atoms with Crippen molar-refractivity contribution < 1.29 is 23.9 Å². The SMILES string of the molecule is CCCOc1cccc(-c2cc(C(=O)Nc3sc(C(=O)N(CC)CC)c(C)c3C(=O)OC)c3ccccc3n2)c1. The minimum absolute atomic E-state index is 0.177. The Bertz CT molecular complexity index is 1560. The van der Waals surface area contributed by atoms with E-state index in [2.05, 4.69) is 5.32 Å². The Morgan fingerprint density at radius 1 is 1.00 bits per heavy atom. The van der Waals surface area contributed by atoms with Crippen molar-refractivity contribution >= 4 is 45.0 Å². The van der Waals surface area contributed by atoms with Gasteiger partial charge >= 0.3 is 5.97 Å². The summed E-state index contributed by atoms with van der Waals surface area (Å²) in [4.78, 5) is 46.6. The number of fused-ring (bicyclic) bond motifs is 1. The summed E-state index contributed by atoms with van der Waals surface area (Å²) in [5.41, 5.74) is 3.11. The highest BCUT2D eigenvalue weighted by Crippen LogP contribution is 2.36. The van der Waals surface area contributed by atoms with E-state index in [1.807, 2.05) is 69.3 Å². The molecule has 0 bridgehead atoms. The van der Waals surface area contributed by atoms with E-state index >= 15 is 0 Å². The molecule has 8 nitrogen and oxygen atoms in total. The van der Waals surface area contributed by atoms with E-state index in [0.717, 1.165) is 29.1 Å². The smallest absolute Gasteiger partial charge is 0.341 e. The Labute approximate surface area is 237 Å². The molecule has 2 amide bonds. The van der Waals surface area contributed by atoms with Crippen LogP contribution in [-0.2, 0) is 4.74 Å². The molecule has 2 aromatic heterocycles. The minimum atomic E-state index is -0.619. The normalized spacial score (nSPS) is 10.8. The number of benzene rings is 2. The standard InChI is InChI=1S/C31H33N3O5S/c1-6-16-39-21-13-11-12-20(17-21)25-18-23(22-14-9-10-15-24(22)32-25)28(35)33-29-26(31(37)38-5)19(4)27(40-29)30(36)34(7-2)8-3/h9-15,17-18H,6-8,16H2,1-5H3,(H,33,35). The molecule has 0 fully saturated rings. The summed E-state index contributed by atoms with van der Waals surface area (Å²) < 4.78 is 10.8. The number of aromatic nitrogens is 1. The maximum absolute atomic E-state index is 13.8. The maximum Gasteiger partial charge on any atom is 0.341 e. The Kier molecular flexibility index (Phi) is 9.16. The summed E-state index contributed by atoms with van der Waals surface area (Å²) in [6, 6.07) is 16.7. The average molecular weight is 560 g/mol. The zero-order chi connectivity index (χ0) is 28.8. The first-order valence-corrected chi connectivity index (χ1v) is 14.1. The monoisotopic (exact) mass is 559 g/mol. The molecule has 0 radical (unpaired) electrons. The number of hydrogen-bond donors (Lipinski definition) is 1. The van der Waals surface area contributed by atoms with Gasteiger partial charge in [0.05, 0.1) is 40.9 Å². The highest BCUT2D eigenvalue weighted by Gasteiger charge is 2.28. The number of esters is 1. The third-order valence-corrected chi connectivity index (χ3v) is 7.77. The highest BCUT2D eigenvalue weighted by molar-refractivity contribution is 7.18. The van der Waals surface area contributed by atoms with Crippen molar-refractivity contribution in [2.24, 2.45) is 0 Å². The molecule has 4 rings (SSSR count). The fourth-order valence-electron chi connectivity index (χ4n) is 4.45. The molecule has 0 aliphatic rings. The van der Waals surface area contributed by atoms with Crippen LogP contribution in [0.4, 0.5) is 5.00 Å². The third kappa shape index (κ3) is 5.84. The second-order valence-electron chi connectivity index (χ2n) is 9.13. The van der Waals surface area contributed by atoms with Gasteiger partial charge in [0.15, 0.2) is 0 Å². The van der Waals surface area contributed by atoms with Crippen molar-refractivity contribution in [1.82, 2.24) is 9.88 Å². The Hall–Kier alpha value is -4.24. The van der Waals surface area contributed by atoms with Crippen LogP contribution in [0.5, 0.6) is 5.75 Å². The van der Waals surface area contributed by atoms with Crippen molar-refractivity contribution in [3.05, 3.63) is 76.2 Å². The predicted octanol–water partition coefficient (Wildman–Crippen LogP) is 6.58. The van der Waals surface area contributed by atoms with Crippen LogP contribution in [-0.4, -0.2) is 54.5 Å². The molecule has 9 heteroatoms. The van der Waals surface area contributed by atoms with Crippen LogP contribution in [0.3, 0.4) is 0 Å². The average Bonchev–Trinajstić information content (AvgIpc) is 3.30. The first-order valence-electron chi connectivity index (χ1n) is 13.3. The molecule has 0 aliphatic heterocycles. The summed E-state index contributed by atoms with van der Waals surface area (Å²) in [6.45, 7) is 9.18. The largest absolute Gasteiger partial charge is 0.494 e. The van der Waals surface area contributed by atoms with Crippen LogP contribution < -0.4 is 10.1 Å². The van der Waals surface area contributed by atoms with Gasteiger partial charge in [-0.05, 0) is 57.0 Å².